The number of fused-ring (bicyclic) bond motifs is 1. The van der Waals surface area contributed by atoms with Gasteiger partial charge in [-0.15, -0.1) is 0 Å². The maximum absolute atomic E-state index is 12.5. The van der Waals surface area contributed by atoms with Gasteiger partial charge in [0.15, 0.2) is 5.78 Å². The van der Waals surface area contributed by atoms with E-state index in [0.29, 0.717) is 35.3 Å². The average molecular weight is 344 g/mol. The fraction of sp³-hybridized carbons (Fsp3) is 0.421. The number of hydrogen-bond acceptors (Lipinski definition) is 4. The highest BCUT2D eigenvalue weighted by molar-refractivity contribution is 6.31. The number of Topliss-reactive ketones (excluding diaryl/α,β-unsaturated/α-hetero) is 1. The van der Waals surface area contributed by atoms with Gasteiger partial charge in [-0.2, -0.15) is 0 Å². The fourth-order valence-electron chi connectivity index (χ4n) is 3.03. The number of nitrogens with zero attached hydrogens (tertiary/aromatic N) is 2. The number of aromatic nitrogens is 2. The highest BCUT2D eigenvalue weighted by Gasteiger charge is 2.29. The number of halogens is 1. The molecule has 1 aliphatic carbocycles. The predicted molar refractivity (Wildman–Crippen MR) is 96.8 cm³/mol. The molecule has 2 aromatic rings. The minimum Gasteiger partial charge on any atom is -0.354 e. The minimum atomic E-state index is 0.0807. The molecule has 0 amide bonds. The molecule has 0 radical (unpaired) electrons. The van der Waals surface area contributed by atoms with E-state index >= 15 is 0 Å². The number of nitrogens with one attached hydrogen (secondary N) is 1. The first-order chi connectivity index (χ1) is 11.5. The third-order valence-electron chi connectivity index (χ3n) is 4.39. The third kappa shape index (κ3) is 3.75. The lowest BCUT2D eigenvalue weighted by Crippen LogP contribution is -2.21. The second-order valence-corrected chi connectivity index (χ2v) is 7.12. The normalized spacial score (nSPS) is 17.0. The van der Waals surface area contributed by atoms with E-state index < -0.39 is 0 Å². The third-order valence-corrected chi connectivity index (χ3v) is 4.73. The molecule has 0 saturated carbocycles. The molecule has 126 valence electrons. The van der Waals surface area contributed by atoms with Crippen LogP contribution < -0.4 is 5.32 Å². The van der Waals surface area contributed by atoms with E-state index in [1.54, 1.807) is 6.20 Å². The second-order valence-electron chi connectivity index (χ2n) is 6.71. The lowest BCUT2D eigenvalue weighted by molar-refractivity contribution is 0.0963. The van der Waals surface area contributed by atoms with Crippen molar-refractivity contribution in [3.8, 4) is 0 Å². The number of carbonyl (C=O) groups excluding carboxylic acids is 1. The van der Waals surface area contributed by atoms with Crippen LogP contribution >= 0.6 is 11.6 Å². The van der Waals surface area contributed by atoms with Gasteiger partial charge in [0, 0.05) is 24.2 Å². The summed E-state index contributed by atoms with van der Waals surface area (Å²) in [5.41, 5.74) is 2.48. The lowest BCUT2D eigenvalue weighted by Gasteiger charge is -2.24. The van der Waals surface area contributed by atoms with Gasteiger partial charge in [-0.05, 0) is 36.3 Å². The van der Waals surface area contributed by atoms with E-state index in [1.165, 1.54) is 0 Å². The van der Waals surface area contributed by atoms with Crippen molar-refractivity contribution in [2.45, 2.75) is 39.0 Å². The molecule has 0 spiro atoms. The summed E-state index contributed by atoms with van der Waals surface area (Å²) in [5, 5.41) is 3.96. The molecule has 0 saturated heterocycles. The van der Waals surface area contributed by atoms with Crippen molar-refractivity contribution in [3.63, 3.8) is 0 Å². The van der Waals surface area contributed by atoms with Gasteiger partial charge in [0.25, 0.3) is 0 Å². The van der Waals surface area contributed by atoms with Gasteiger partial charge in [-0.25, -0.2) is 9.97 Å². The van der Waals surface area contributed by atoms with Gasteiger partial charge >= 0.3 is 0 Å². The Balaban J connectivity index is 1.80. The molecule has 1 aromatic carbocycles. The SMILES string of the molecule is CC(C)CCNc1ncc2c(n1)CC(c1ccccc1Cl)CC2=O. The van der Waals surface area contributed by atoms with Crippen LogP contribution in [0.3, 0.4) is 0 Å². The second kappa shape index (κ2) is 7.31. The Morgan fingerprint density at radius 1 is 1.29 bits per heavy atom. The highest BCUT2D eigenvalue weighted by atomic mass is 35.5. The monoisotopic (exact) mass is 343 g/mol. The van der Waals surface area contributed by atoms with Crippen LogP contribution in [-0.4, -0.2) is 22.3 Å². The van der Waals surface area contributed by atoms with Gasteiger partial charge in [0.2, 0.25) is 5.95 Å². The molecule has 1 aromatic heterocycles. The Bertz CT molecular complexity index is 745. The zero-order chi connectivity index (χ0) is 17.1. The molecule has 3 rings (SSSR count). The standard InChI is InChI=1S/C19H22ClN3O/c1-12(2)7-8-21-19-22-11-15-17(23-19)9-13(10-18(15)24)14-5-3-4-6-16(14)20/h3-6,11-13H,7-10H2,1-2H3,(H,21,22,23). The molecular formula is C19H22ClN3O. The smallest absolute Gasteiger partial charge is 0.222 e. The quantitative estimate of drug-likeness (QED) is 0.868. The van der Waals surface area contributed by atoms with E-state index in [0.717, 1.165) is 24.2 Å². The summed E-state index contributed by atoms with van der Waals surface area (Å²) in [6.07, 6.45) is 3.89. The van der Waals surface area contributed by atoms with Crippen molar-refractivity contribution in [1.82, 2.24) is 9.97 Å². The van der Waals surface area contributed by atoms with Crippen LogP contribution in [0.2, 0.25) is 5.02 Å². The number of carbonyl (C=O) groups is 1. The van der Waals surface area contributed by atoms with E-state index in [1.807, 2.05) is 24.3 Å². The molecular weight excluding hydrogens is 322 g/mol. The molecule has 24 heavy (non-hydrogen) atoms. The van der Waals surface area contributed by atoms with Gasteiger partial charge in [-0.1, -0.05) is 43.6 Å². The summed E-state index contributed by atoms with van der Waals surface area (Å²) in [6.45, 7) is 5.20. The first-order valence-corrected chi connectivity index (χ1v) is 8.79. The van der Waals surface area contributed by atoms with Crippen molar-refractivity contribution in [3.05, 3.63) is 52.3 Å². The predicted octanol–water partition coefficient (Wildman–Crippen LogP) is 4.50. The molecule has 1 unspecified atom stereocenters. The van der Waals surface area contributed by atoms with E-state index in [2.05, 4.69) is 29.1 Å². The molecule has 4 nitrogen and oxygen atoms in total. The highest BCUT2D eigenvalue weighted by Crippen LogP contribution is 2.35. The van der Waals surface area contributed by atoms with E-state index in [9.17, 15) is 4.79 Å². The van der Waals surface area contributed by atoms with Crippen LogP contribution in [0.15, 0.2) is 30.5 Å². The number of anilines is 1. The number of rotatable bonds is 5. The van der Waals surface area contributed by atoms with E-state index in [4.69, 9.17) is 11.6 Å². The van der Waals surface area contributed by atoms with Crippen LogP contribution in [0, 0.1) is 5.92 Å². The van der Waals surface area contributed by atoms with Crippen molar-refractivity contribution >= 4 is 23.3 Å². The van der Waals surface area contributed by atoms with Crippen LogP contribution in [0.25, 0.3) is 0 Å². The van der Waals surface area contributed by atoms with Gasteiger partial charge in [0.1, 0.15) is 0 Å². The van der Waals surface area contributed by atoms with E-state index in [-0.39, 0.29) is 11.7 Å². The molecule has 1 N–H and O–H groups in total. The Morgan fingerprint density at radius 2 is 2.08 bits per heavy atom. The Kier molecular flexibility index (Phi) is 5.14. The van der Waals surface area contributed by atoms with Crippen LogP contribution in [0.4, 0.5) is 5.95 Å². The van der Waals surface area contributed by atoms with Crippen LogP contribution in [0.5, 0.6) is 0 Å². The number of hydrogen-bond donors (Lipinski definition) is 1. The zero-order valence-electron chi connectivity index (χ0n) is 14.1. The summed E-state index contributed by atoms with van der Waals surface area (Å²) >= 11 is 6.31. The van der Waals surface area contributed by atoms with Crippen molar-refractivity contribution in [2.75, 3.05) is 11.9 Å². The zero-order valence-corrected chi connectivity index (χ0v) is 14.8. The lowest BCUT2D eigenvalue weighted by atomic mass is 9.82. The fourth-order valence-corrected chi connectivity index (χ4v) is 3.32. The molecule has 0 aliphatic heterocycles. The maximum Gasteiger partial charge on any atom is 0.222 e. The number of benzene rings is 1. The van der Waals surface area contributed by atoms with Gasteiger partial charge < -0.3 is 5.32 Å². The summed E-state index contributed by atoms with van der Waals surface area (Å²) in [5.74, 6) is 1.40. The van der Waals surface area contributed by atoms with Crippen LogP contribution in [0.1, 0.15) is 54.2 Å². The molecule has 1 aliphatic rings. The Labute approximate surface area is 147 Å². The Hall–Kier alpha value is -1.94. The van der Waals surface area contributed by atoms with Crippen molar-refractivity contribution < 1.29 is 4.79 Å². The summed E-state index contributed by atoms with van der Waals surface area (Å²) < 4.78 is 0. The summed E-state index contributed by atoms with van der Waals surface area (Å²) in [6, 6.07) is 7.73. The largest absolute Gasteiger partial charge is 0.354 e. The summed E-state index contributed by atoms with van der Waals surface area (Å²) in [7, 11) is 0. The molecule has 5 heteroatoms. The van der Waals surface area contributed by atoms with Crippen molar-refractivity contribution in [2.24, 2.45) is 5.92 Å². The van der Waals surface area contributed by atoms with Gasteiger partial charge in [0.05, 0.1) is 11.3 Å². The molecule has 0 fully saturated rings. The molecule has 0 bridgehead atoms. The molecule has 1 atom stereocenters. The molecule has 1 heterocycles. The van der Waals surface area contributed by atoms with Crippen molar-refractivity contribution in [1.29, 1.82) is 0 Å². The first kappa shape index (κ1) is 16.9. The summed E-state index contributed by atoms with van der Waals surface area (Å²) in [4.78, 5) is 21.3. The number of ketones is 1. The minimum absolute atomic E-state index is 0.0807. The van der Waals surface area contributed by atoms with Gasteiger partial charge in [-0.3, -0.25) is 4.79 Å². The first-order valence-electron chi connectivity index (χ1n) is 8.42. The van der Waals surface area contributed by atoms with Crippen LogP contribution in [-0.2, 0) is 6.42 Å². The average Bonchev–Trinajstić information content (AvgIpc) is 2.54. The maximum atomic E-state index is 12.5. The topological polar surface area (TPSA) is 54.9 Å². The Morgan fingerprint density at radius 3 is 2.83 bits per heavy atom.